The minimum atomic E-state index is -0.235. The van der Waals surface area contributed by atoms with Gasteiger partial charge < -0.3 is 11.1 Å². The standard InChI is InChI=1S/C13H17BrN2O/c14-11-4-1-3-10(7-11)9-16-12(17)8-13(15)5-2-6-13/h1,3-4,7H,2,5-6,8-9,15H2,(H,16,17). The zero-order valence-corrected chi connectivity index (χ0v) is 11.3. The van der Waals surface area contributed by atoms with Gasteiger partial charge in [0.1, 0.15) is 0 Å². The van der Waals surface area contributed by atoms with Crippen LogP contribution >= 0.6 is 15.9 Å². The van der Waals surface area contributed by atoms with Gasteiger partial charge in [0.25, 0.3) is 0 Å². The molecule has 1 aromatic carbocycles. The van der Waals surface area contributed by atoms with Crippen molar-refractivity contribution in [3.63, 3.8) is 0 Å². The van der Waals surface area contributed by atoms with Gasteiger partial charge >= 0.3 is 0 Å². The Labute approximate surface area is 110 Å². The first kappa shape index (κ1) is 12.6. The summed E-state index contributed by atoms with van der Waals surface area (Å²) in [6.07, 6.45) is 3.53. The van der Waals surface area contributed by atoms with E-state index in [0.717, 1.165) is 29.3 Å². The molecule has 4 heteroatoms. The number of carbonyl (C=O) groups excluding carboxylic acids is 1. The van der Waals surface area contributed by atoms with Crippen molar-refractivity contribution < 1.29 is 4.79 Å². The number of benzene rings is 1. The van der Waals surface area contributed by atoms with Crippen LogP contribution < -0.4 is 11.1 Å². The first-order valence-electron chi connectivity index (χ1n) is 5.87. The summed E-state index contributed by atoms with van der Waals surface area (Å²) >= 11 is 3.41. The van der Waals surface area contributed by atoms with Gasteiger partial charge in [-0.15, -0.1) is 0 Å². The number of nitrogens with one attached hydrogen (secondary N) is 1. The molecule has 0 aromatic heterocycles. The zero-order valence-electron chi connectivity index (χ0n) is 9.71. The summed E-state index contributed by atoms with van der Waals surface area (Å²) in [6, 6.07) is 7.92. The summed E-state index contributed by atoms with van der Waals surface area (Å²) < 4.78 is 1.03. The lowest BCUT2D eigenvalue weighted by molar-refractivity contribution is -0.123. The van der Waals surface area contributed by atoms with Crippen LogP contribution in [0, 0.1) is 0 Å². The Bertz CT molecular complexity index is 416. The lowest BCUT2D eigenvalue weighted by atomic mass is 9.75. The second-order valence-electron chi connectivity index (χ2n) is 4.80. The Morgan fingerprint density at radius 2 is 2.24 bits per heavy atom. The van der Waals surface area contributed by atoms with Crippen molar-refractivity contribution in [1.82, 2.24) is 5.32 Å². The summed E-state index contributed by atoms with van der Waals surface area (Å²) in [7, 11) is 0. The Hall–Kier alpha value is -0.870. The van der Waals surface area contributed by atoms with Gasteiger partial charge in [-0.2, -0.15) is 0 Å². The van der Waals surface area contributed by atoms with E-state index in [9.17, 15) is 4.79 Å². The number of carbonyl (C=O) groups is 1. The molecule has 0 aliphatic heterocycles. The maximum atomic E-state index is 11.7. The molecule has 0 unspecified atom stereocenters. The fourth-order valence-electron chi connectivity index (χ4n) is 2.04. The van der Waals surface area contributed by atoms with E-state index in [1.165, 1.54) is 0 Å². The van der Waals surface area contributed by atoms with Gasteiger partial charge in [-0.1, -0.05) is 28.1 Å². The highest BCUT2D eigenvalue weighted by atomic mass is 79.9. The van der Waals surface area contributed by atoms with Crippen LogP contribution in [0.25, 0.3) is 0 Å². The number of hydrogen-bond donors (Lipinski definition) is 2. The SMILES string of the molecule is NC1(CC(=O)NCc2cccc(Br)c2)CCC1. The number of halogens is 1. The van der Waals surface area contributed by atoms with E-state index in [2.05, 4.69) is 21.2 Å². The number of amides is 1. The molecule has 1 saturated carbocycles. The van der Waals surface area contributed by atoms with Crippen LogP contribution in [0.5, 0.6) is 0 Å². The van der Waals surface area contributed by atoms with Crippen molar-refractivity contribution in [2.24, 2.45) is 5.73 Å². The number of nitrogens with two attached hydrogens (primary N) is 1. The van der Waals surface area contributed by atoms with E-state index in [1.54, 1.807) is 0 Å². The highest BCUT2D eigenvalue weighted by molar-refractivity contribution is 9.10. The lowest BCUT2D eigenvalue weighted by Gasteiger charge is -2.37. The van der Waals surface area contributed by atoms with E-state index in [4.69, 9.17) is 5.73 Å². The van der Waals surface area contributed by atoms with Crippen molar-refractivity contribution in [2.75, 3.05) is 0 Å². The van der Waals surface area contributed by atoms with Crippen molar-refractivity contribution in [3.8, 4) is 0 Å². The molecular weight excluding hydrogens is 280 g/mol. The molecule has 2 rings (SSSR count). The van der Waals surface area contributed by atoms with Gasteiger partial charge in [0.15, 0.2) is 0 Å². The molecule has 1 aliphatic rings. The Kier molecular flexibility index (Phi) is 3.84. The van der Waals surface area contributed by atoms with Crippen LogP contribution in [0.15, 0.2) is 28.7 Å². The molecule has 0 atom stereocenters. The average molecular weight is 297 g/mol. The zero-order chi connectivity index (χ0) is 12.3. The Morgan fingerprint density at radius 1 is 1.47 bits per heavy atom. The van der Waals surface area contributed by atoms with Crippen LogP contribution in [0.3, 0.4) is 0 Å². The first-order valence-corrected chi connectivity index (χ1v) is 6.67. The van der Waals surface area contributed by atoms with E-state index in [0.29, 0.717) is 13.0 Å². The minimum Gasteiger partial charge on any atom is -0.352 e. The quantitative estimate of drug-likeness (QED) is 0.896. The number of rotatable bonds is 4. The maximum Gasteiger partial charge on any atom is 0.222 e. The summed E-state index contributed by atoms with van der Waals surface area (Å²) in [5, 5.41) is 2.91. The fraction of sp³-hybridized carbons (Fsp3) is 0.462. The van der Waals surface area contributed by atoms with Crippen LogP contribution in [0.2, 0.25) is 0 Å². The van der Waals surface area contributed by atoms with E-state index < -0.39 is 0 Å². The summed E-state index contributed by atoms with van der Waals surface area (Å²) in [5.74, 6) is 0.0483. The summed E-state index contributed by atoms with van der Waals surface area (Å²) in [6.45, 7) is 0.564. The molecule has 3 N–H and O–H groups in total. The molecule has 0 saturated heterocycles. The highest BCUT2D eigenvalue weighted by Crippen LogP contribution is 2.31. The third-order valence-corrected chi connectivity index (χ3v) is 3.73. The maximum absolute atomic E-state index is 11.7. The van der Waals surface area contributed by atoms with Crippen LogP contribution in [-0.4, -0.2) is 11.4 Å². The smallest absolute Gasteiger partial charge is 0.222 e. The van der Waals surface area contributed by atoms with E-state index >= 15 is 0 Å². The lowest BCUT2D eigenvalue weighted by Crippen LogP contribution is -2.49. The van der Waals surface area contributed by atoms with Gasteiger partial charge in [0.05, 0.1) is 0 Å². The molecule has 0 spiro atoms. The molecular formula is C13H17BrN2O. The average Bonchev–Trinajstić information content (AvgIpc) is 2.24. The van der Waals surface area contributed by atoms with Crippen LogP contribution in [-0.2, 0) is 11.3 Å². The first-order chi connectivity index (χ1) is 8.07. The molecule has 3 nitrogen and oxygen atoms in total. The molecule has 0 radical (unpaired) electrons. The van der Waals surface area contributed by atoms with Crippen molar-refractivity contribution in [3.05, 3.63) is 34.3 Å². The predicted molar refractivity (Wildman–Crippen MR) is 71.4 cm³/mol. The summed E-state index contributed by atoms with van der Waals surface area (Å²) in [5.41, 5.74) is 6.88. The van der Waals surface area contributed by atoms with Crippen LogP contribution in [0.1, 0.15) is 31.2 Å². The van der Waals surface area contributed by atoms with Gasteiger partial charge in [-0.05, 0) is 37.0 Å². The Balaban J connectivity index is 1.80. The Morgan fingerprint density at radius 3 is 2.82 bits per heavy atom. The number of hydrogen-bond acceptors (Lipinski definition) is 2. The molecule has 1 fully saturated rings. The fourth-order valence-corrected chi connectivity index (χ4v) is 2.48. The molecule has 1 aromatic rings. The molecule has 92 valence electrons. The van der Waals surface area contributed by atoms with Gasteiger partial charge in [0.2, 0.25) is 5.91 Å². The minimum absolute atomic E-state index is 0.0483. The summed E-state index contributed by atoms with van der Waals surface area (Å²) in [4.78, 5) is 11.7. The topological polar surface area (TPSA) is 55.1 Å². The second-order valence-corrected chi connectivity index (χ2v) is 5.72. The predicted octanol–water partition coefficient (Wildman–Crippen LogP) is 2.34. The monoisotopic (exact) mass is 296 g/mol. The normalized spacial score (nSPS) is 17.3. The van der Waals surface area contributed by atoms with E-state index in [-0.39, 0.29) is 11.4 Å². The van der Waals surface area contributed by atoms with Gasteiger partial charge in [-0.3, -0.25) is 4.79 Å². The van der Waals surface area contributed by atoms with Crippen molar-refractivity contribution >= 4 is 21.8 Å². The second kappa shape index (κ2) is 5.19. The third-order valence-electron chi connectivity index (χ3n) is 3.24. The highest BCUT2D eigenvalue weighted by Gasteiger charge is 2.34. The van der Waals surface area contributed by atoms with Gasteiger partial charge in [-0.25, -0.2) is 0 Å². The largest absolute Gasteiger partial charge is 0.352 e. The molecule has 17 heavy (non-hydrogen) atoms. The van der Waals surface area contributed by atoms with Gasteiger partial charge in [0, 0.05) is 23.0 Å². The van der Waals surface area contributed by atoms with Crippen molar-refractivity contribution in [2.45, 2.75) is 37.8 Å². The molecule has 0 bridgehead atoms. The van der Waals surface area contributed by atoms with E-state index in [1.807, 2.05) is 24.3 Å². The molecule has 0 heterocycles. The molecule has 1 amide bonds. The van der Waals surface area contributed by atoms with Crippen LogP contribution in [0.4, 0.5) is 0 Å². The van der Waals surface area contributed by atoms with Crippen molar-refractivity contribution in [1.29, 1.82) is 0 Å². The molecule has 1 aliphatic carbocycles. The third kappa shape index (κ3) is 3.54.